The first-order chi connectivity index (χ1) is 12.8. The van der Waals surface area contributed by atoms with Gasteiger partial charge >= 0.3 is 0 Å². The fourth-order valence-corrected chi connectivity index (χ4v) is 4.51. The maximum absolute atomic E-state index is 12.8. The molecule has 0 radical (unpaired) electrons. The molecular weight excluding hydrogens is 320 g/mol. The Bertz CT molecular complexity index is 712. The number of carbonyl (C=O) groups excluding carboxylic acids is 1. The molecule has 2 aromatic rings. The lowest BCUT2D eigenvalue weighted by Gasteiger charge is -2.37. The molecule has 1 N–H and O–H groups in total. The third-order valence-corrected chi connectivity index (χ3v) is 6.12. The van der Waals surface area contributed by atoms with E-state index in [0.717, 1.165) is 49.1 Å². The molecule has 4 rings (SSSR count). The van der Waals surface area contributed by atoms with Crippen LogP contribution in [0.4, 0.5) is 0 Å². The van der Waals surface area contributed by atoms with Gasteiger partial charge in [0, 0.05) is 18.7 Å². The Morgan fingerprint density at radius 2 is 1.35 bits per heavy atom. The Balaban J connectivity index is 1.36. The second kappa shape index (κ2) is 8.05. The first kappa shape index (κ1) is 17.3. The van der Waals surface area contributed by atoms with Crippen LogP contribution >= 0.6 is 0 Å². The molecule has 0 atom stereocenters. The van der Waals surface area contributed by atoms with E-state index >= 15 is 0 Å². The van der Waals surface area contributed by atoms with Crippen LogP contribution in [0.15, 0.2) is 54.6 Å². The Hall–Kier alpha value is -2.13. The summed E-state index contributed by atoms with van der Waals surface area (Å²) in [5, 5.41) is 3.45. The largest absolute Gasteiger partial charge is 0.339 e. The van der Waals surface area contributed by atoms with E-state index in [1.165, 1.54) is 31.2 Å². The van der Waals surface area contributed by atoms with Gasteiger partial charge in [-0.1, -0.05) is 42.5 Å². The van der Waals surface area contributed by atoms with Crippen LogP contribution in [0.3, 0.4) is 0 Å². The van der Waals surface area contributed by atoms with Gasteiger partial charge in [-0.2, -0.15) is 0 Å². The zero-order valence-electron chi connectivity index (χ0n) is 15.4. The monoisotopic (exact) mass is 348 g/mol. The molecule has 136 valence electrons. The van der Waals surface area contributed by atoms with Gasteiger partial charge in [-0.05, 0) is 73.9 Å². The number of rotatable bonds is 3. The van der Waals surface area contributed by atoms with Gasteiger partial charge < -0.3 is 10.2 Å². The van der Waals surface area contributed by atoms with Crippen molar-refractivity contribution >= 4 is 5.91 Å². The quantitative estimate of drug-likeness (QED) is 0.901. The van der Waals surface area contributed by atoms with Crippen LogP contribution in [-0.4, -0.2) is 37.0 Å². The number of amides is 1. The molecule has 2 heterocycles. The fraction of sp³-hybridized carbons (Fsp3) is 0.435. The molecule has 2 saturated heterocycles. The summed E-state index contributed by atoms with van der Waals surface area (Å²) < 4.78 is 0. The number of piperidine rings is 2. The zero-order valence-corrected chi connectivity index (χ0v) is 15.4. The molecule has 2 aromatic carbocycles. The molecule has 0 saturated carbocycles. The van der Waals surface area contributed by atoms with Gasteiger partial charge in [0.05, 0.1) is 0 Å². The van der Waals surface area contributed by atoms with Gasteiger partial charge in [-0.3, -0.25) is 4.79 Å². The highest BCUT2D eigenvalue weighted by Crippen LogP contribution is 2.31. The van der Waals surface area contributed by atoms with Gasteiger partial charge in [0.2, 0.25) is 0 Å². The molecule has 3 nitrogen and oxygen atoms in total. The Morgan fingerprint density at radius 1 is 0.769 bits per heavy atom. The molecule has 0 unspecified atom stereocenters. The number of carbonyl (C=O) groups is 1. The van der Waals surface area contributed by atoms with E-state index in [-0.39, 0.29) is 5.91 Å². The number of nitrogens with zero attached hydrogens (tertiary/aromatic N) is 1. The van der Waals surface area contributed by atoms with Crippen molar-refractivity contribution in [1.82, 2.24) is 10.2 Å². The third kappa shape index (κ3) is 3.83. The minimum atomic E-state index is 0.188. The molecule has 2 aliphatic heterocycles. The van der Waals surface area contributed by atoms with Crippen molar-refractivity contribution in [1.29, 1.82) is 0 Å². The summed E-state index contributed by atoms with van der Waals surface area (Å²) >= 11 is 0. The van der Waals surface area contributed by atoms with Crippen LogP contribution in [-0.2, 0) is 0 Å². The summed E-state index contributed by atoms with van der Waals surface area (Å²) in [4.78, 5) is 14.9. The van der Waals surface area contributed by atoms with E-state index in [9.17, 15) is 4.79 Å². The van der Waals surface area contributed by atoms with Crippen LogP contribution in [0.25, 0.3) is 11.1 Å². The molecule has 0 spiro atoms. The van der Waals surface area contributed by atoms with Crippen LogP contribution in [0, 0.1) is 11.8 Å². The molecule has 2 fully saturated rings. The lowest BCUT2D eigenvalue weighted by atomic mass is 9.79. The Kier molecular flexibility index (Phi) is 5.35. The second-order valence-electron chi connectivity index (χ2n) is 7.66. The van der Waals surface area contributed by atoms with Crippen molar-refractivity contribution in [2.24, 2.45) is 11.8 Å². The number of benzene rings is 2. The average molecular weight is 348 g/mol. The van der Waals surface area contributed by atoms with Gasteiger partial charge in [0.1, 0.15) is 0 Å². The molecule has 0 bridgehead atoms. The standard InChI is InChI=1S/C23H28N2O/c26-23(22-8-6-19(7-9-22)18-4-2-1-3-5-18)25-16-12-21(13-17-25)20-10-14-24-15-11-20/h1-9,20-21,24H,10-17H2. The highest BCUT2D eigenvalue weighted by Gasteiger charge is 2.29. The van der Waals surface area contributed by atoms with Gasteiger partial charge in [0.25, 0.3) is 5.91 Å². The second-order valence-corrected chi connectivity index (χ2v) is 7.66. The molecule has 0 aromatic heterocycles. The van der Waals surface area contributed by atoms with Crippen LogP contribution in [0.1, 0.15) is 36.0 Å². The van der Waals surface area contributed by atoms with Crippen molar-refractivity contribution in [2.75, 3.05) is 26.2 Å². The minimum Gasteiger partial charge on any atom is -0.339 e. The topological polar surface area (TPSA) is 32.3 Å². The highest BCUT2D eigenvalue weighted by molar-refractivity contribution is 5.94. The maximum Gasteiger partial charge on any atom is 0.253 e. The van der Waals surface area contributed by atoms with E-state index < -0.39 is 0 Å². The molecule has 3 heteroatoms. The summed E-state index contributed by atoms with van der Waals surface area (Å²) in [7, 11) is 0. The third-order valence-electron chi connectivity index (χ3n) is 6.12. The zero-order chi connectivity index (χ0) is 17.8. The van der Waals surface area contributed by atoms with E-state index in [2.05, 4.69) is 34.5 Å². The lowest BCUT2D eigenvalue weighted by molar-refractivity contribution is 0.0642. The Morgan fingerprint density at radius 3 is 2.00 bits per heavy atom. The average Bonchev–Trinajstić information content (AvgIpc) is 2.75. The number of nitrogens with one attached hydrogen (secondary N) is 1. The van der Waals surface area contributed by atoms with E-state index in [1.54, 1.807) is 0 Å². The predicted octanol–water partition coefficient (Wildman–Crippen LogP) is 4.21. The SMILES string of the molecule is O=C(c1ccc(-c2ccccc2)cc1)N1CCC(C2CCNCC2)CC1. The maximum atomic E-state index is 12.8. The van der Waals surface area contributed by atoms with Crippen LogP contribution < -0.4 is 5.32 Å². The summed E-state index contributed by atoms with van der Waals surface area (Å²) in [5.41, 5.74) is 3.16. The number of hydrogen-bond donors (Lipinski definition) is 1. The van der Waals surface area contributed by atoms with Crippen molar-refractivity contribution in [3.63, 3.8) is 0 Å². The van der Waals surface area contributed by atoms with E-state index in [0.29, 0.717) is 0 Å². The van der Waals surface area contributed by atoms with Crippen molar-refractivity contribution < 1.29 is 4.79 Å². The first-order valence-corrected chi connectivity index (χ1v) is 9.97. The molecule has 1 amide bonds. The molecule has 0 aliphatic carbocycles. The number of hydrogen-bond acceptors (Lipinski definition) is 2. The fourth-order valence-electron chi connectivity index (χ4n) is 4.51. The normalized spacial score (nSPS) is 19.5. The van der Waals surface area contributed by atoms with Crippen LogP contribution in [0.2, 0.25) is 0 Å². The van der Waals surface area contributed by atoms with Gasteiger partial charge in [-0.25, -0.2) is 0 Å². The lowest BCUT2D eigenvalue weighted by Crippen LogP contribution is -2.42. The number of likely N-dealkylation sites (tertiary alicyclic amines) is 1. The predicted molar refractivity (Wildman–Crippen MR) is 106 cm³/mol. The van der Waals surface area contributed by atoms with Crippen LogP contribution in [0.5, 0.6) is 0 Å². The smallest absolute Gasteiger partial charge is 0.253 e. The van der Waals surface area contributed by atoms with Gasteiger partial charge in [-0.15, -0.1) is 0 Å². The van der Waals surface area contributed by atoms with E-state index in [4.69, 9.17) is 0 Å². The minimum absolute atomic E-state index is 0.188. The van der Waals surface area contributed by atoms with E-state index in [1.807, 2.05) is 30.3 Å². The van der Waals surface area contributed by atoms with Crippen molar-refractivity contribution in [3.8, 4) is 11.1 Å². The molecular formula is C23H28N2O. The summed E-state index contributed by atoms with van der Waals surface area (Å²) in [5.74, 6) is 1.86. The summed E-state index contributed by atoms with van der Waals surface area (Å²) in [6.45, 7) is 4.15. The highest BCUT2D eigenvalue weighted by atomic mass is 16.2. The molecule has 26 heavy (non-hydrogen) atoms. The van der Waals surface area contributed by atoms with Crippen molar-refractivity contribution in [2.45, 2.75) is 25.7 Å². The molecule has 2 aliphatic rings. The van der Waals surface area contributed by atoms with Gasteiger partial charge in [0.15, 0.2) is 0 Å². The summed E-state index contributed by atoms with van der Waals surface area (Å²) in [6, 6.07) is 18.4. The Labute approximate surface area is 156 Å². The first-order valence-electron chi connectivity index (χ1n) is 9.97. The van der Waals surface area contributed by atoms with Crippen molar-refractivity contribution in [3.05, 3.63) is 60.2 Å². The summed E-state index contributed by atoms with van der Waals surface area (Å²) in [6.07, 6.45) is 4.94.